The van der Waals surface area contributed by atoms with Crippen LogP contribution in [-0.2, 0) is 6.54 Å². The summed E-state index contributed by atoms with van der Waals surface area (Å²) in [5.41, 5.74) is 6.50. The number of carbonyl (C=O) groups is 1. The third-order valence-electron chi connectivity index (χ3n) is 6.23. The second-order valence-corrected chi connectivity index (χ2v) is 8.79. The number of halogens is 3. The highest BCUT2D eigenvalue weighted by atomic mass is 19.3. The minimum atomic E-state index is -2.54. The van der Waals surface area contributed by atoms with E-state index in [-0.39, 0.29) is 23.8 Å². The molecule has 1 amide bonds. The maximum absolute atomic E-state index is 13.3. The van der Waals surface area contributed by atoms with Crippen LogP contribution in [0.15, 0.2) is 53.5 Å². The maximum atomic E-state index is 13.3. The normalized spacial score (nSPS) is 19.2. The molecule has 1 aliphatic heterocycles. The number of likely N-dealkylation sites (tertiary alicyclic amines) is 1. The molecule has 1 aromatic heterocycles. The summed E-state index contributed by atoms with van der Waals surface area (Å²) in [6.45, 7) is 1.75. The highest BCUT2D eigenvalue weighted by molar-refractivity contribution is 5.96. The van der Waals surface area contributed by atoms with Crippen molar-refractivity contribution < 1.29 is 18.0 Å². The Morgan fingerprint density at radius 3 is 2.35 bits per heavy atom. The Kier molecular flexibility index (Phi) is 4.27. The summed E-state index contributed by atoms with van der Waals surface area (Å²) in [7, 11) is 0. The van der Waals surface area contributed by atoms with E-state index >= 15 is 0 Å². The molecule has 2 aliphatic rings. The number of fused-ring (bicyclic) bond motifs is 1. The van der Waals surface area contributed by atoms with E-state index in [9.17, 15) is 22.8 Å². The summed E-state index contributed by atoms with van der Waals surface area (Å²) in [6.07, 6.45) is 1.26. The molecule has 2 N–H and O–H groups in total. The van der Waals surface area contributed by atoms with E-state index in [0.717, 1.165) is 5.56 Å². The second kappa shape index (κ2) is 6.68. The van der Waals surface area contributed by atoms with Crippen LogP contribution < -0.4 is 11.2 Å². The average Bonchev–Trinajstić information content (AvgIpc) is 2.66. The lowest BCUT2D eigenvalue weighted by Crippen LogP contribution is -2.65. The molecule has 1 saturated heterocycles. The Morgan fingerprint density at radius 1 is 1.06 bits per heavy atom. The fraction of sp³-hybridized carbons (Fsp3) is 0.304. The average molecular weight is 427 g/mol. The van der Waals surface area contributed by atoms with Gasteiger partial charge in [-0.3, -0.25) is 14.5 Å². The number of alkyl halides is 2. The van der Waals surface area contributed by atoms with Gasteiger partial charge in [-0.1, -0.05) is 6.07 Å². The summed E-state index contributed by atoms with van der Waals surface area (Å²) < 4.78 is 41.4. The quantitative estimate of drug-likeness (QED) is 0.694. The molecular formula is C23H20F3N3O2. The number of hydrogen-bond donors (Lipinski definition) is 1. The third-order valence-corrected chi connectivity index (χ3v) is 6.23. The Bertz CT molecular complexity index is 1250. The lowest BCUT2D eigenvalue weighted by molar-refractivity contribution is -0.214. The number of amides is 1. The zero-order valence-electron chi connectivity index (χ0n) is 16.6. The van der Waals surface area contributed by atoms with Crippen molar-refractivity contribution in [3.05, 3.63) is 75.8 Å². The van der Waals surface area contributed by atoms with Gasteiger partial charge in [0.1, 0.15) is 11.4 Å². The van der Waals surface area contributed by atoms with Crippen molar-refractivity contribution in [2.75, 3.05) is 13.1 Å². The summed E-state index contributed by atoms with van der Waals surface area (Å²) in [5, 5.41) is 0.323. The van der Waals surface area contributed by atoms with Crippen LogP contribution in [0.3, 0.4) is 0 Å². The Labute approximate surface area is 175 Å². The molecule has 0 bridgehead atoms. The van der Waals surface area contributed by atoms with Crippen molar-refractivity contribution in [1.82, 2.24) is 9.47 Å². The lowest BCUT2D eigenvalue weighted by Gasteiger charge is -2.58. The van der Waals surface area contributed by atoms with E-state index in [2.05, 4.69) is 4.90 Å². The largest absolute Gasteiger partial charge is 0.365 e. The second-order valence-electron chi connectivity index (χ2n) is 8.79. The number of rotatable bonds is 4. The van der Waals surface area contributed by atoms with Crippen LogP contribution in [0, 0.1) is 11.2 Å². The molecule has 1 aliphatic carbocycles. The summed E-state index contributed by atoms with van der Waals surface area (Å²) in [6, 6.07) is 11.0. The Morgan fingerprint density at radius 2 is 1.74 bits per heavy atom. The molecular weight excluding hydrogens is 407 g/mol. The van der Waals surface area contributed by atoms with Crippen molar-refractivity contribution in [1.29, 1.82) is 0 Å². The van der Waals surface area contributed by atoms with E-state index in [0.29, 0.717) is 36.2 Å². The number of hydrogen-bond acceptors (Lipinski definition) is 3. The van der Waals surface area contributed by atoms with Crippen LogP contribution in [0.2, 0.25) is 0 Å². The van der Waals surface area contributed by atoms with Crippen LogP contribution in [-0.4, -0.2) is 34.4 Å². The smallest absolute Gasteiger partial charge is 0.254 e. The van der Waals surface area contributed by atoms with Gasteiger partial charge in [0.25, 0.3) is 5.91 Å². The maximum Gasteiger partial charge on any atom is 0.254 e. The van der Waals surface area contributed by atoms with Crippen molar-refractivity contribution in [2.24, 2.45) is 11.1 Å². The highest BCUT2D eigenvalue weighted by Crippen LogP contribution is 2.56. The van der Waals surface area contributed by atoms with E-state index in [1.54, 1.807) is 28.8 Å². The third kappa shape index (κ3) is 3.40. The first-order valence-electron chi connectivity index (χ1n) is 9.99. The van der Waals surface area contributed by atoms with Crippen LogP contribution in [0.4, 0.5) is 13.2 Å². The van der Waals surface area contributed by atoms with E-state index in [1.807, 2.05) is 6.07 Å². The molecule has 2 aromatic carbocycles. The van der Waals surface area contributed by atoms with Crippen LogP contribution in [0.5, 0.6) is 0 Å². The molecule has 0 unspecified atom stereocenters. The van der Waals surface area contributed by atoms with Gasteiger partial charge in [-0.15, -0.1) is 0 Å². The number of aromatic nitrogens is 1. The minimum absolute atomic E-state index is 0.0570. The molecule has 5 rings (SSSR count). The number of benzene rings is 2. The first-order valence-corrected chi connectivity index (χ1v) is 9.99. The summed E-state index contributed by atoms with van der Waals surface area (Å²) >= 11 is 0. The molecule has 1 saturated carbocycles. The van der Waals surface area contributed by atoms with E-state index in [1.165, 1.54) is 18.3 Å². The molecule has 0 atom stereocenters. The number of pyridine rings is 1. The predicted octanol–water partition coefficient (Wildman–Crippen LogP) is 3.46. The number of nitrogens with zero attached hydrogens (tertiary/aromatic N) is 2. The molecule has 31 heavy (non-hydrogen) atoms. The molecule has 160 valence electrons. The van der Waals surface area contributed by atoms with Gasteiger partial charge < -0.3 is 10.3 Å². The molecule has 2 fully saturated rings. The van der Waals surface area contributed by atoms with Crippen molar-refractivity contribution in [3.63, 3.8) is 0 Å². The lowest BCUT2D eigenvalue weighted by atomic mass is 9.61. The molecule has 8 heteroatoms. The molecule has 3 aromatic rings. The van der Waals surface area contributed by atoms with Crippen molar-refractivity contribution in [2.45, 2.75) is 25.3 Å². The molecule has 0 radical (unpaired) electrons. The number of primary amides is 1. The monoisotopic (exact) mass is 427 g/mol. The van der Waals surface area contributed by atoms with E-state index < -0.39 is 23.1 Å². The van der Waals surface area contributed by atoms with Gasteiger partial charge >= 0.3 is 0 Å². The predicted molar refractivity (Wildman–Crippen MR) is 110 cm³/mol. The van der Waals surface area contributed by atoms with Gasteiger partial charge in [-0.05, 0) is 42.0 Å². The zero-order chi connectivity index (χ0) is 22.0. The molecule has 1 spiro atoms. The fourth-order valence-corrected chi connectivity index (χ4v) is 5.01. The zero-order valence-corrected chi connectivity index (χ0v) is 16.6. The molecule has 5 nitrogen and oxygen atoms in total. The first kappa shape index (κ1) is 19.8. The topological polar surface area (TPSA) is 68.3 Å². The van der Waals surface area contributed by atoms with Crippen LogP contribution in [0.25, 0.3) is 16.6 Å². The fourth-order valence-electron chi connectivity index (χ4n) is 5.01. The summed E-state index contributed by atoms with van der Waals surface area (Å²) in [5.74, 6) is -3.78. The van der Waals surface area contributed by atoms with Crippen molar-refractivity contribution >= 4 is 16.8 Å². The van der Waals surface area contributed by atoms with Gasteiger partial charge in [0.2, 0.25) is 11.4 Å². The minimum Gasteiger partial charge on any atom is -0.365 e. The van der Waals surface area contributed by atoms with Crippen LogP contribution in [0.1, 0.15) is 28.8 Å². The van der Waals surface area contributed by atoms with Gasteiger partial charge in [0.05, 0.1) is 5.52 Å². The standard InChI is InChI=1S/C23H20F3N3O2/c24-15-2-4-16(5-3-15)29-9-18(21(27)31)20(30)17-7-14(1-6-19(17)29)8-28-12-22(13-28)10-23(25,26)11-22/h1-7,9H,8,10-13H2,(H2,27,31). The van der Waals surface area contributed by atoms with Crippen molar-refractivity contribution in [3.8, 4) is 5.69 Å². The van der Waals surface area contributed by atoms with Gasteiger partial charge in [0, 0.05) is 55.2 Å². The van der Waals surface area contributed by atoms with Gasteiger partial charge in [0.15, 0.2) is 0 Å². The molecule has 2 heterocycles. The summed E-state index contributed by atoms with van der Waals surface area (Å²) in [4.78, 5) is 26.8. The number of nitrogens with two attached hydrogens (primary N) is 1. The van der Waals surface area contributed by atoms with E-state index in [4.69, 9.17) is 5.73 Å². The highest BCUT2D eigenvalue weighted by Gasteiger charge is 2.61. The van der Waals surface area contributed by atoms with Gasteiger partial charge in [-0.25, -0.2) is 13.2 Å². The number of carbonyl (C=O) groups excluding carboxylic acids is 1. The SMILES string of the molecule is NC(=O)c1cn(-c2ccc(F)cc2)c2ccc(CN3CC4(C3)CC(F)(F)C4)cc2c1=O. The first-order chi connectivity index (χ1) is 14.6. The Balaban J connectivity index is 1.49. The Hall–Kier alpha value is -3.13. The van der Waals surface area contributed by atoms with Gasteiger partial charge in [-0.2, -0.15) is 0 Å². The van der Waals surface area contributed by atoms with Crippen LogP contribution >= 0.6 is 0 Å².